The van der Waals surface area contributed by atoms with Crippen LogP contribution in [0.1, 0.15) is 6.92 Å². The lowest BCUT2D eigenvalue weighted by molar-refractivity contribution is -0.194. The molecule has 0 saturated carbocycles. The molecule has 0 bridgehead atoms. The molecule has 1 aromatic rings. The Labute approximate surface area is 126 Å². The largest absolute Gasteiger partial charge is 0.494 e. The SMILES string of the molecule is CCOc1ccc(S(=O)(=O)N2CC(OCC(F)(F)F)C2)cc1. The first kappa shape index (κ1) is 17.0. The second kappa shape index (κ2) is 6.43. The highest BCUT2D eigenvalue weighted by molar-refractivity contribution is 7.89. The molecule has 0 aliphatic carbocycles. The van der Waals surface area contributed by atoms with Crippen molar-refractivity contribution in [3.8, 4) is 5.75 Å². The van der Waals surface area contributed by atoms with Crippen LogP contribution in [0.25, 0.3) is 0 Å². The van der Waals surface area contributed by atoms with E-state index >= 15 is 0 Å². The number of alkyl halides is 3. The molecular weight excluding hydrogens is 323 g/mol. The van der Waals surface area contributed by atoms with Crippen LogP contribution >= 0.6 is 0 Å². The molecule has 2 rings (SSSR count). The molecule has 1 aromatic carbocycles. The molecule has 0 aromatic heterocycles. The molecule has 1 saturated heterocycles. The number of halogens is 3. The van der Waals surface area contributed by atoms with Gasteiger partial charge in [0.1, 0.15) is 12.4 Å². The minimum absolute atomic E-state index is 0.0743. The van der Waals surface area contributed by atoms with Crippen LogP contribution in [0.2, 0.25) is 0 Å². The summed E-state index contributed by atoms with van der Waals surface area (Å²) >= 11 is 0. The standard InChI is InChI=1S/C13H16F3NO4S/c1-2-20-10-3-5-12(6-4-10)22(18,19)17-7-11(8-17)21-9-13(14,15)16/h3-6,11H,2,7-9H2,1H3. The minimum Gasteiger partial charge on any atom is -0.494 e. The number of ether oxygens (including phenoxy) is 2. The molecular formula is C13H16F3NO4S. The van der Waals surface area contributed by atoms with E-state index in [9.17, 15) is 21.6 Å². The van der Waals surface area contributed by atoms with Gasteiger partial charge in [0.2, 0.25) is 10.0 Å². The van der Waals surface area contributed by atoms with E-state index in [1.807, 2.05) is 6.92 Å². The first-order valence-electron chi connectivity index (χ1n) is 6.64. The quantitative estimate of drug-likeness (QED) is 0.796. The van der Waals surface area contributed by atoms with E-state index in [4.69, 9.17) is 4.74 Å². The van der Waals surface area contributed by atoms with Crippen LogP contribution < -0.4 is 4.74 Å². The lowest BCUT2D eigenvalue weighted by Gasteiger charge is -2.37. The predicted octanol–water partition coefficient (Wildman–Crippen LogP) is 2.04. The first-order chi connectivity index (χ1) is 10.2. The lowest BCUT2D eigenvalue weighted by Crippen LogP contribution is -2.55. The molecule has 1 aliphatic heterocycles. The highest BCUT2D eigenvalue weighted by Crippen LogP contribution is 2.26. The van der Waals surface area contributed by atoms with Crippen LogP contribution in [0.5, 0.6) is 5.75 Å². The molecule has 1 fully saturated rings. The maximum atomic E-state index is 12.2. The van der Waals surface area contributed by atoms with Gasteiger partial charge in [-0.3, -0.25) is 0 Å². The van der Waals surface area contributed by atoms with Gasteiger partial charge in [-0.15, -0.1) is 0 Å². The van der Waals surface area contributed by atoms with Gasteiger partial charge in [-0.25, -0.2) is 8.42 Å². The average Bonchev–Trinajstić information content (AvgIpc) is 2.36. The molecule has 0 N–H and O–H groups in total. The number of hydrogen-bond donors (Lipinski definition) is 0. The van der Waals surface area contributed by atoms with Crippen LogP contribution in [-0.2, 0) is 14.8 Å². The topological polar surface area (TPSA) is 55.8 Å². The molecule has 0 amide bonds. The Morgan fingerprint density at radius 1 is 1.23 bits per heavy atom. The summed E-state index contributed by atoms with van der Waals surface area (Å²) in [6.45, 7) is 0.758. The Morgan fingerprint density at radius 3 is 2.32 bits per heavy atom. The monoisotopic (exact) mass is 339 g/mol. The molecule has 0 unspecified atom stereocenters. The van der Waals surface area contributed by atoms with E-state index in [1.165, 1.54) is 24.3 Å². The van der Waals surface area contributed by atoms with Gasteiger partial charge in [0, 0.05) is 13.1 Å². The smallest absolute Gasteiger partial charge is 0.411 e. The zero-order valence-electron chi connectivity index (χ0n) is 11.8. The van der Waals surface area contributed by atoms with Gasteiger partial charge < -0.3 is 9.47 Å². The Hall–Kier alpha value is -1.32. The van der Waals surface area contributed by atoms with Crippen molar-refractivity contribution in [1.82, 2.24) is 4.31 Å². The van der Waals surface area contributed by atoms with E-state index in [0.717, 1.165) is 4.31 Å². The van der Waals surface area contributed by atoms with Crippen molar-refractivity contribution >= 4 is 10.0 Å². The second-order valence-corrected chi connectivity index (χ2v) is 6.71. The van der Waals surface area contributed by atoms with Gasteiger partial charge in [0.25, 0.3) is 0 Å². The zero-order chi connectivity index (χ0) is 16.4. The van der Waals surface area contributed by atoms with Gasteiger partial charge >= 0.3 is 6.18 Å². The van der Waals surface area contributed by atoms with Gasteiger partial charge in [-0.05, 0) is 31.2 Å². The minimum atomic E-state index is -4.41. The summed E-state index contributed by atoms with van der Waals surface area (Å²) in [5, 5.41) is 0. The fourth-order valence-corrected chi connectivity index (χ4v) is 3.44. The third-order valence-corrected chi connectivity index (χ3v) is 4.92. The number of rotatable bonds is 6. The number of nitrogens with zero attached hydrogens (tertiary/aromatic N) is 1. The molecule has 1 heterocycles. The van der Waals surface area contributed by atoms with Crippen LogP contribution in [0.4, 0.5) is 13.2 Å². The lowest BCUT2D eigenvalue weighted by atomic mass is 10.2. The molecule has 124 valence electrons. The number of sulfonamides is 1. The fourth-order valence-electron chi connectivity index (χ4n) is 1.94. The maximum Gasteiger partial charge on any atom is 0.411 e. The van der Waals surface area contributed by atoms with E-state index in [1.54, 1.807) is 0 Å². The summed E-state index contributed by atoms with van der Waals surface area (Å²) < 4.78 is 71.4. The normalized spacial score (nSPS) is 17.3. The van der Waals surface area contributed by atoms with E-state index < -0.39 is 28.9 Å². The highest BCUT2D eigenvalue weighted by Gasteiger charge is 2.39. The molecule has 0 atom stereocenters. The van der Waals surface area contributed by atoms with Crippen molar-refractivity contribution in [2.45, 2.75) is 24.1 Å². The van der Waals surface area contributed by atoms with E-state index in [0.29, 0.717) is 12.4 Å². The van der Waals surface area contributed by atoms with Crippen molar-refractivity contribution in [2.24, 2.45) is 0 Å². The number of hydrogen-bond acceptors (Lipinski definition) is 4. The fraction of sp³-hybridized carbons (Fsp3) is 0.538. The highest BCUT2D eigenvalue weighted by atomic mass is 32.2. The number of benzene rings is 1. The Balaban J connectivity index is 1.92. The summed E-state index contributed by atoms with van der Waals surface area (Å²) in [6.07, 6.45) is -5.13. The van der Waals surface area contributed by atoms with Crippen LogP contribution in [-0.4, -0.2) is 51.3 Å². The Bertz CT molecular complexity index is 595. The first-order valence-corrected chi connectivity index (χ1v) is 8.08. The molecule has 0 spiro atoms. The third-order valence-electron chi connectivity index (χ3n) is 3.07. The maximum absolute atomic E-state index is 12.2. The molecule has 9 heteroatoms. The molecule has 1 aliphatic rings. The molecule has 5 nitrogen and oxygen atoms in total. The van der Waals surface area contributed by atoms with Gasteiger partial charge in [-0.1, -0.05) is 0 Å². The summed E-state index contributed by atoms with van der Waals surface area (Å²) in [7, 11) is -3.70. The van der Waals surface area contributed by atoms with Crippen LogP contribution in [0, 0.1) is 0 Å². The van der Waals surface area contributed by atoms with Gasteiger partial charge in [-0.2, -0.15) is 17.5 Å². The van der Waals surface area contributed by atoms with Gasteiger partial charge in [0.05, 0.1) is 17.6 Å². The molecule has 22 heavy (non-hydrogen) atoms. The van der Waals surface area contributed by atoms with E-state index in [-0.39, 0.29) is 18.0 Å². The van der Waals surface area contributed by atoms with Crippen molar-refractivity contribution in [3.05, 3.63) is 24.3 Å². The van der Waals surface area contributed by atoms with Crippen molar-refractivity contribution in [1.29, 1.82) is 0 Å². The second-order valence-electron chi connectivity index (χ2n) is 4.77. The van der Waals surface area contributed by atoms with Crippen LogP contribution in [0.15, 0.2) is 29.2 Å². The Morgan fingerprint density at radius 2 is 1.82 bits per heavy atom. The summed E-state index contributed by atoms with van der Waals surface area (Å²) in [6, 6.07) is 5.88. The van der Waals surface area contributed by atoms with E-state index in [2.05, 4.69) is 4.74 Å². The van der Waals surface area contributed by atoms with Crippen LogP contribution in [0.3, 0.4) is 0 Å². The predicted molar refractivity (Wildman–Crippen MR) is 72.2 cm³/mol. The zero-order valence-corrected chi connectivity index (χ0v) is 12.7. The van der Waals surface area contributed by atoms with Gasteiger partial charge in [0.15, 0.2) is 0 Å². The van der Waals surface area contributed by atoms with Crippen molar-refractivity contribution < 1.29 is 31.1 Å². The third kappa shape index (κ3) is 4.11. The Kier molecular flexibility index (Phi) is 4.98. The summed E-state index contributed by atoms with van der Waals surface area (Å²) in [5.41, 5.74) is 0. The summed E-state index contributed by atoms with van der Waals surface area (Å²) in [4.78, 5) is 0.0743. The average molecular weight is 339 g/mol. The molecule has 0 radical (unpaired) electrons. The van der Waals surface area contributed by atoms with Crippen molar-refractivity contribution in [3.63, 3.8) is 0 Å². The summed E-state index contributed by atoms with van der Waals surface area (Å²) in [5.74, 6) is 0.552. The van der Waals surface area contributed by atoms with Crippen molar-refractivity contribution in [2.75, 3.05) is 26.3 Å².